The predicted molar refractivity (Wildman–Crippen MR) is 78.5 cm³/mol. The van der Waals surface area contributed by atoms with Crippen molar-refractivity contribution in [3.63, 3.8) is 0 Å². The number of carbonyl (C=O) groups excluding carboxylic acids is 1. The molecule has 2 aliphatic rings. The molecule has 1 aliphatic carbocycles. The Balaban J connectivity index is 1.54. The minimum atomic E-state index is -0.287. The van der Waals surface area contributed by atoms with E-state index >= 15 is 0 Å². The molecule has 0 spiro atoms. The molecule has 1 aromatic rings. The van der Waals surface area contributed by atoms with Crippen molar-refractivity contribution in [2.45, 2.75) is 50.4 Å². The summed E-state index contributed by atoms with van der Waals surface area (Å²) >= 11 is 0. The maximum absolute atomic E-state index is 12.0. The molecule has 1 amide bonds. The number of H-pyrrole nitrogens is 1. The van der Waals surface area contributed by atoms with Gasteiger partial charge in [-0.05, 0) is 25.7 Å². The molecule has 0 radical (unpaired) electrons. The first-order chi connectivity index (χ1) is 10.7. The highest BCUT2D eigenvalue weighted by atomic mass is 16.5. The SMILES string of the molecule is COCc1nc(C2CC(NC(=O)[C@@H]3CCCO3)C2)cc(=O)[nH]1. The second kappa shape index (κ2) is 6.58. The Morgan fingerprint density at radius 1 is 1.55 bits per heavy atom. The molecule has 1 saturated carbocycles. The second-order valence-electron chi connectivity index (χ2n) is 5.93. The molecule has 2 heterocycles. The van der Waals surface area contributed by atoms with E-state index < -0.39 is 0 Å². The highest BCUT2D eigenvalue weighted by Crippen LogP contribution is 2.35. The molecule has 0 bridgehead atoms. The first-order valence-corrected chi connectivity index (χ1v) is 7.66. The van der Waals surface area contributed by atoms with Gasteiger partial charge in [-0.1, -0.05) is 0 Å². The van der Waals surface area contributed by atoms with Crippen LogP contribution in [0.5, 0.6) is 0 Å². The lowest BCUT2D eigenvalue weighted by Crippen LogP contribution is -2.47. The Labute approximate surface area is 128 Å². The van der Waals surface area contributed by atoms with Gasteiger partial charge >= 0.3 is 0 Å². The molecule has 1 atom stereocenters. The van der Waals surface area contributed by atoms with E-state index in [4.69, 9.17) is 9.47 Å². The van der Waals surface area contributed by atoms with Gasteiger partial charge in [0.25, 0.3) is 5.56 Å². The lowest BCUT2D eigenvalue weighted by Gasteiger charge is -2.35. The maximum atomic E-state index is 12.0. The van der Waals surface area contributed by atoms with Gasteiger partial charge in [0.05, 0.1) is 5.69 Å². The topological polar surface area (TPSA) is 93.3 Å². The van der Waals surface area contributed by atoms with Crippen molar-refractivity contribution in [1.29, 1.82) is 0 Å². The summed E-state index contributed by atoms with van der Waals surface area (Å²) in [5, 5.41) is 3.01. The molecule has 0 unspecified atom stereocenters. The highest BCUT2D eigenvalue weighted by molar-refractivity contribution is 5.81. The third-order valence-corrected chi connectivity index (χ3v) is 4.22. The van der Waals surface area contributed by atoms with Crippen LogP contribution in [0.1, 0.15) is 43.1 Å². The number of nitrogens with zero attached hydrogens (tertiary/aromatic N) is 1. The molecule has 7 heteroatoms. The van der Waals surface area contributed by atoms with Crippen molar-refractivity contribution in [2.24, 2.45) is 0 Å². The van der Waals surface area contributed by atoms with Gasteiger partial charge in [-0.3, -0.25) is 9.59 Å². The first-order valence-electron chi connectivity index (χ1n) is 7.66. The van der Waals surface area contributed by atoms with Crippen molar-refractivity contribution >= 4 is 5.91 Å². The van der Waals surface area contributed by atoms with Gasteiger partial charge in [-0.25, -0.2) is 4.98 Å². The molecule has 0 aromatic carbocycles. The summed E-state index contributed by atoms with van der Waals surface area (Å²) in [5.74, 6) is 0.740. The summed E-state index contributed by atoms with van der Waals surface area (Å²) in [6, 6.07) is 1.68. The van der Waals surface area contributed by atoms with E-state index in [2.05, 4.69) is 15.3 Å². The minimum absolute atomic E-state index is 0.0140. The third-order valence-electron chi connectivity index (χ3n) is 4.22. The lowest BCUT2D eigenvalue weighted by molar-refractivity contribution is -0.131. The fraction of sp³-hybridized carbons (Fsp3) is 0.667. The number of ether oxygens (including phenoxy) is 2. The van der Waals surface area contributed by atoms with Crippen LogP contribution in [0.3, 0.4) is 0 Å². The summed E-state index contributed by atoms with van der Waals surface area (Å²) in [6.45, 7) is 0.958. The predicted octanol–water partition coefficient (Wildman–Crippen LogP) is 0.457. The first kappa shape index (κ1) is 15.2. The van der Waals surface area contributed by atoms with Gasteiger partial charge in [-0.2, -0.15) is 0 Å². The van der Waals surface area contributed by atoms with Crippen molar-refractivity contribution in [3.8, 4) is 0 Å². The molecular weight excluding hydrogens is 286 g/mol. The number of amides is 1. The van der Waals surface area contributed by atoms with E-state index in [1.165, 1.54) is 6.07 Å². The molecule has 7 nitrogen and oxygen atoms in total. The average molecular weight is 307 g/mol. The second-order valence-corrected chi connectivity index (χ2v) is 5.93. The van der Waals surface area contributed by atoms with Crippen molar-refractivity contribution in [1.82, 2.24) is 15.3 Å². The number of methoxy groups -OCH3 is 1. The molecule has 1 saturated heterocycles. The van der Waals surface area contributed by atoms with Crippen LogP contribution in [0.25, 0.3) is 0 Å². The van der Waals surface area contributed by atoms with Gasteiger partial charge in [-0.15, -0.1) is 0 Å². The van der Waals surface area contributed by atoms with Crippen LogP contribution >= 0.6 is 0 Å². The fourth-order valence-electron chi connectivity index (χ4n) is 3.00. The molecule has 22 heavy (non-hydrogen) atoms. The van der Waals surface area contributed by atoms with E-state index in [0.29, 0.717) is 12.4 Å². The molecule has 3 rings (SSSR count). The minimum Gasteiger partial charge on any atom is -0.377 e. The van der Waals surface area contributed by atoms with Crippen LogP contribution in [-0.2, 0) is 20.9 Å². The fourth-order valence-corrected chi connectivity index (χ4v) is 3.00. The van der Waals surface area contributed by atoms with E-state index in [0.717, 1.165) is 31.4 Å². The van der Waals surface area contributed by atoms with Crippen LogP contribution in [0.2, 0.25) is 0 Å². The van der Waals surface area contributed by atoms with Crippen molar-refractivity contribution < 1.29 is 14.3 Å². The third kappa shape index (κ3) is 3.36. The monoisotopic (exact) mass is 307 g/mol. The van der Waals surface area contributed by atoms with Gasteiger partial charge < -0.3 is 19.8 Å². The normalized spacial score (nSPS) is 27.4. The Hall–Kier alpha value is -1.73. The summed E-state index contributed by atoms with van der Waals surface area (Å²) in [6.07, 6.45) is 3.08. The zero-order chi connectivity index (χ0) is 15.5. The Bertz CT molecular complexity index is 589. The number of aromatic amines is 1. The number of hydrogen-bond acceptors (Lipinski definition) is 5. The van der Waals surface area contributed by atoms with Gasteiger partial charge in [0, 0.05) is 31.7 Å². The number of hydrogen-bond donors (Lipinski definition) is 2. The summed E-state index contributed by atoms with van der Waals surface area (Å²) < 4.78 is 10.4. The molecule has 2 fully saturated rings. The Kier molecular flexibility index (Phi) is 4.54. The number of rotatable bonds is 5. The quantitative estimate of drug-likeness (QED) is 0.824. The summed E-state index contributed by atoms with van der Waals surface area (Å²) in [7, 11) is 1.56. The number of carbonyl (C=O) groups is 1. The van der Waals surface area contributed by atoms with E-state index in [-0.39, 0.29) is 36.1 Å². The van der Waals surface area contributed by atoms with E-state index in [9.17, 15) is 9.59 Å². The largest absolute Gasteiger partial charge is 0.377 e. The zero-order valence-electron chi connectivity index (χ0n) is 12.6. The smallest absolute Gasteiger partial charge is 0.251 e. The van der Waals surface area contributed by atoms with E-state index in [1.807, 2.05) is 0 Å². The standard InChI is InChI=1S/C15H21N3O4/c1-21-8-13-17-11(7-14(19)18-13)9-5-10(6-9)16-15(20)12-3-2-4-22-12/h7,9-10,12H,2-6,8H2,1H3,(H,16,20)(H,17,18,19)/t9?,10?,12-/m0/s1. The van der Waals surface area contributed by atoms with Gasteiger partial charge in [0.15, 0.2) is 0 Å². The van der Waals surface area contributed by atoms with Crippen LogP contribution in [0, 0.1) is 0 Å². The van der Waals surface area contributed by atoms with Crippen LogP contribution < -0.4 is 10.9 Å². The molecular formula is C15H21N3O4. The number of aromatic nitrogens is 2. The van der Waals surface area contributed by atoms with Crippen molar-refractivity contribution in [2.75, 3.05) is 13.7 Å². The van der Waals surface area contributed by atoms with E-state index in [1.54, 1.807) is 7.11 Å². The zero-order valence-corrected chi connectivity index (χ0v) is 12.6. The van der Waals surface area contributed by atoms with Gasteiger partial charge in [0.2, 0.25) is 5.91 Å². The molecule has 1 aliphatic heterocycles. The van der Waals surface area contributed by atoms with Gasteiger partial charge in [0.1, 0.15) is 18.5 Å². The Morgan fingerprint density at radius 3 is 3.05 bits per heavy atom. The van der Waals surface area contributed by atoms with Crippen LogP contribution in [0.4, 0.5) is 0 Å². The molecule has 1 aromatic heterocycles. The Morgan fingerprint density at radius 2 is 2.36 bits per heavy atom. The average Bonchev–Trinajstić information content (AvgIpc) is 2.96. The summed E-state index contributed by atoms with van der Waals surface area (Å²) in [5.41, 5.74) is 0.613. The van der Waals surface area contributed by atoms with Crippen LogP contribution in [-0.4, -0.2) is 41.7 Å². The molecule has 2 N–H and O–H groups in total. The molecule has 120 valence electrons. The lowest BCUT2D eigenvalue weighted by atomic mass is 9.78. The maximum Gasteiger partial charge on any atom is 0.251 e. The van der Waals surface area contributed by atoms with Crippen LogP contribution in [0.15, 0.2) is 10.9 Å². The summed E-state index contributed by atoms with van der Waals surface area (Å²) in [4.78, 5) is 30.7. The number of nitrogens with one attached hydrogen (secondary N) is 2. The highest BCUT2D eigenvalue weighted by Gasteiger charge is 2.35. The van der Waals surface area contributed by atoms with Crippen molar-refractivity contribution in [3.05, 3.63) is 27.9 Å².